The van der Waals surface area contributed by atoms with Gasteiger partial charge in [0.25, 0.3) is 0 Å². The van der Waals surface area contributed by atoms with E-state index >= 15 is 0 Å². The van der Waals surface area contributed by atoms with Crippen LogP contribution < -0.4 is 10.6 Å². The lowest BCUT2D eigenvalue weighted by molar-refractivity contribution is -0.387. The van der Waals surface area contributed by atoms with Gasteiger partial charge in [-0.2, -0.15) is 0 Å². The van der Waals surface area contributed by atoms with Gasteiger partial charge in [0.1, 0.15) is 140 Å². The van der Waals surface area contributed by atoms with Crippen LogP contribution in [-0.2, 0) is 61.7 Å². The highest BCUT2D eigenvalue weighted by molar-refractivity contribution is 5.73. The molecule has 0 spiro atoms. The number of aliphatic hydroxyl groups excluding tert-OH is 17. The highest BCUT2D eigenvalue weighted by atomic mass is 16.8. The molecule has 0 bridgehead atoms. The zero-order chi connectivity index (χ0) is 53.2. The average molecular weight is 1060 g/mol. The van der Waals surface area contributed by atoms with Crippen molar-refractivity contribution in [1.29, 1.82) is 0 Å². The minimum Gasteiger partial charge on any atom is -0.394 e. The van der Waals surface area contributed by atoms with Crippen molar-refractivity contribution < 1.29 is 149 Å². The van der Waals surface area contributed by atoms with Gasteiger partial charge in [-0.15, -0.1) is 0 Å². The van der Waals surface area contributed by atoms with Crippen molar-refractivity contribution >= 4 is 11.8 Å². The second-order valence-corrected chi connectivity index (χ2v) is 18.3. The Labute approximate surface area is 408 Å². The van der Waals surface area contributed by atoms with Crippen molar-refractivity contribution in [2.24, 2.45) is 0 Å². The van der Waals surface area contributed by atoms with Crippen LogP contribution in [-0.4, -0.2) is 316 Å². The fourth-order valence-corrected chi connectivity index (χ4v) is 9.16. The minimum absolute atomic E-state index is 0.768. The first-order chi connectivity index (χ1) is 34.0. The van der Waals surface area contributed by atoms with Gasteiger partial charge in [0.15, 0.2) is 37.7 Å². The molecular formula is C40H68N2O30. The summed E-state index contributed by atoms with van der Waals surface area (Å²) in [6.07, 6.45) is -51.6. The van der Waals surface area contributed by atoms with Crippen LogP contribution in [0.15, 0.2) is 0 Å². The van der Waals surface area contributed by atoms with E-state index < -0.39 is 229 Å². The van der Waals surface area contributed by atoms with E-state index in [2.05, 4.69) is 10.6 Å². The Morgan fingerprint density at radius 3 is 1.28 bits per heavy atom. The number of ether oxygens (including phenoxy) is 11. The number of carbonyl (C=O) groups excluding carboxylic acids is 2. The van der Waals surface area contributed by atoms with Crippen molar-refractivity contribution in [1.82, 2.24) is 10.6 Å². The summed E-state index contributed by atoms with van der Waals surface area (Å²) < 4.78 is 63.5. The monoisotopic (exact) mass is 1060 g/mol. The number of aliphatic hydroxyl groups is 17. The van der Waals surface area contributed by atoms with Crippen molar-refractivity contribution in [3.05, 3.63) is 0 Å². The standard InChI is InChI=1S/C40H68N2O30/c1-9-19(49)23(53)27(57)37(63-9)72-34-18(42-11(3)48)36(62-8-16-22(52)33(17(35(61)64-16)41-10(2)47)71-39-29(59)25(55)21(51)13(5-44)66-39)67-15(7-46)32(34)70-40-30(60)26(56)31(14(6-45)68-40)69-38-28(58)24(54)20(50)12(4-43)65-38/h9,12-40,43-46,49-61H,4-8H2,1-3H3,(H,41,47)(H,42,48)/t9-,12+,13+,14+,15+,16+,17+,18+,19+,20-,21-,22-,23+,24-,25-,26+,27-,28+,29+,30+,31-,32+,33+,34+,35-,36+,37-,38-,39-,40-/m0/s1. The highest BCUT2D eigenvalue weighted by Crippen LogP contribution is 2.37. The van der Waals surface area contributed by atoms with Gasteiger partial charge in [-0.25, -0.2) is 0 Å². The second-order valence-electron chi connectivity index (χ2n) is 18.3. The van der Waals surface area contributed by atoms with Crippen LogP contribution in [0.3, 0.4) is 0 Å². The summed E-state index contributed by atoms with van der Waals surface area (Å²) in [6, 6.07) is -3.34. The Balaban J connectivity index is 1.27. The lowest BCUT2D eigenvalue weighted by Crippen LogP contribution is -2.70. The molecule has 418 valence electrons. The maximum absolute atomic E-state index is 12.9. The molecule has 30 atom stereocenters. The fraction of sp³-hybridized carbons (Fsp3) is 0.950. The molecule has 6 rings (SSSR count). The third-order valence-corrected chi connectivity index (χ3v) is 13.2. The first-order valence-corrected chi connectivity index (χ1v) is 23.0. The van der Waals surface area contributed by atoms with Gasteiger partial charge >= 0.3 is 0 Å². The van der Waals surface area contributed by atoms with E-state index in [0.717, 1.165) is 13.8 Å². The summed E-state index contributed by atoms with van der Waals surface area (Å²) in [4.78, 5) is 25.1. The summed E-state index contributed by atoms with van der Waals surface area (Å²) in [6.45, 7) is -1.26. The molecule has 72 heavy (non-hydrogen) atoms. The SMILES string of the molecule is CC(=O)N[C@@H]1[C@@H](O[C@@H]2O[C@H](CO)[C@H](O)[C@H](O)[C@H]2O)[C@@H](O)[C@@H](CO[C@@H]2O[C@H](CO)[C@@H](O[C@@H]3O[C@H](CO)[C@H](O[C@@H]4O[C@H](CO)[C@H](O)[C@H](O)[C@H]4O)[C@H](O)[C@H]3O)[C@H](O[C@@H]3O[C@@H](C)[C@@H](O)[C@@H](O)[C@@H]3O)[C@H]2NC(C)=O)O[C@@H]1O. The summed E-state index contributed by atoms with van der Waals surface area (Å²) in [5.74, 6) is -1.61. The first-order valence-electron chi connectivity index (χ1n) is 23.0. The molecule has 6 heterocycles. The molecule has 0 radical (unpaired) electrons. The molecule has 32 heteroatoms. The number of nitrogens with one attached hydrogen (secondary N) is 2. The summed E-state index contributed by atoms with van der Waals surface area (Å²) in [5.41, 5.74) is 0. The average Bonchev–Trinajstić information content (AvgIpc) is 3.34. The van der Waals surface area contributed by atoms with E-state index in [1.165, 1.54) is 6.92 Å². The maximum Gasteiger partial charge on any atom is 0.217 e. The summed E-state index contributed by atoms with van der Waals surface area (Å²) in [5, 5.41) is 185. The first kappa shape index (κ1) is 59.1. The predicted molar refractivity (Wildman–Crippen MR) is 221 cm³/mol. The van der Waals surface area contributed by atoms with Crippen molar-refractivity contribution in [2.45, 2.75) is 205 Å². The van der Waals surface area contributed by atoms with Crippen LogP contribution in [0.1, 0.15) is 20.8 Å². The van der Waals surface area contributed by atoms with Crippen molar-refractivity contribution in [3.63, 3.8) is 0 Å². The quantitative estimate of drug-likeness (QED) is 0.0643. The molecule has 2 amide bonds. The van der Waals surface area contributed by atoms with Gasteiger partial charge < -0.3 is 150 Å². The van der Waals surface area contributed by atoms with Gasteiger partial charge in [-0.05, 0) is 6.92 Å². The molecule has 32 nitrogen and oxygen atoms in total. The molecule has 0 saturated carbocycles. The molecule has 0 aromatic rings. The number of rotatable bonds is 17. The van der Waals surface area contributed by atoms with Gasteiger partial charge in [0, 0.05) is 13.8 Å². The molecule has 0 aliphatic carbocycles. The molecule has 0 aromatic heterocycles. The Morgan fingerprint density at radius 1 is 0.389 bits per heavy atom. The summed E-state index contributed by atoms with van der Waals surface area (Å²) >= 11 is 0. The zero-order valence-corrected chi connectivity index (χ0v) is 38.8. The van der Waals surface area contributed by atoms with Gasteiger partial charge in [0.05, 0.1) is 39.1 Å². The van der Waals surface area contributed by atoms with Crippen molar-refractivity contribution in [2.75, 3.05) is 33.0 Å². The van der Waals surface area contributed by atoms with Crippen LogP contribution in [0.4, 0.5) is 0 Å². The van der Waals surface area contributed by atoms with E-state index in [0.29, 0.717) is 0 Å². The molecule has 6 saturated heterocycles. The second kappa shape index (κ2) is 25.3. The van der Waals surface area contributed by atoms with Crippen LogP contribution in [0.25, 0.3) is 0 Å². The van der Waals surface area contributed by atoms with Gasteiger partial charge in [0.2, 0.25) is 11.8 Å². The third-order valence-electron chi connectivity index (χ3n) is 13.2. The molecule has 0 unspecified atom stereocenters. The normalized spacial score (nSPS) is 50.3. The summed E-state index contributed by atoms with van der Waals surface area (Å²) in [7, 11) is 0. The van der Waals surface area contributed by atoms with E-state index in [9.17, 15) is 96.4 Å². The fourth-order valence-electron chi connectivity index (χ4n) is 9.16. The van der Waals surface area contributed by atoms with Gasteiger partial charge in [-0.3, -0.25) is 9.59 Å². The number of hydrogen-bond donors (Lipinski definition) is 19. The number of amides is 2. The predicted octanol–water partition coefficient (Wildman–Crippen LogP) is -12.8. The maximum atomic E-state index is 12.9. The number of hydrogen-bond acceptors (Lipinski definition) is 30. The smallest absolute Gasteiger partial charge is 0.217 e. The zero-order valence-electron chi connectivity index (χ0n) is 38.8. The molecule has 6 fully saturated rings. The lowest BCUT2D eigenvalue weighted by Gasteiger charge is -2.51. The molecular weight excluding hydrogens is 988 g/mol. The van der Waals surface area contributed by atoms with Crippen molar-refractivity contribution in [3.8, 4) is 0 Å². The van der Waals surface area contributed by atoms with Gasteiger partial charge in [-0.1, -0.05) is 0 Å². The Kier molecular flexibility index (Phi) is 20.8. The largest absolute Gasteiger partial charge is 0.394 e. The minimum atomic E-state index is -2.19. The Morgan fingerprint density at radius 2 is 0.778 bits per heavy atom. The molecule has 6 aliphatic rings. The number of carbonyl (C=O) groups is 2. The molecule has 6 aliphatic heterocycles. The third kappa shape index (κ3) is 12.6. The van der Waals surface area contributed by atoms with E-state index in [1.54, 1.807) is 0 Å². The lowest BCUT2D eigenvalue weighted by atomic mass is 9.94. The van der Waals surface area contributed by atoms with E-state index in [1.807, 2.05) is 0 Å². The van der Waals surface area contributed by atoms with Crippen LogP contribution in [0.2, 0.25) is 0 Å². The van der Waals surface area contributed by atoms with E-state index in [4.69, 9.17) is 52.1 Å². The van der Waals surface area contributed by atoms with E-state index in [-0.39, 0.29) is 0 Å². The highest BCUT2D eigenvalue weighted by Gasteiger charge is 2.57. The van der Waals surface area contributed by atoms with Crippen LogP contribution >= 0.6 is 0 Å². The Hall–Kier alpha value is -2.18. The van der Waals surface area contributed by atoms with Crippen LogP contribution in [0.5, 0.6) is 0 Å². The van der Waals surface area contributed by atoms with Crippen LogP contribution in [0, 0.1) is 0 Å². The molecule has 0 aromatic carbocycles. The molecule has 19 N–H and O–H groups in total. The Bertz CT molecular complexity index is 1730. The topological polar surface area (TPSA) is 504 Å².